The minimum Gasteiger partial charge on any atom is -0.477 e. The highest BCUT2D eigenvalue weighted by atomic mass is 16.7. The zero-order chi connectivity index (χ0) is 22.5. The van der Waals surface area contributed by atoms with Crippen molar-refractivity contribution >= 4 is 17.8 Å². The average molecular weight is 426 g/mol. The molecule has 166 valence electrons. The van der Waals surface area contributed by atoms with E-state index in [9.17, 15) is 34.8 Å². The van der Waals surface area contributed by atoms with E-state index >= 15 is 0 Å². The molecule has 0 aliphatic carbocycles. The summed E-state index contributed by atoms with van der Waals surface area (Å²) in [6, 6.07) is 6.95. The number of aliphatic hydroxyl groups is 3. The topological polar surface area (TPSA) is 175 Å². The summed E-state index contributed by atoms with van der Waals surface area (Å²) < 4.78 is 10.3. The van der Waals surface area contributed by atoms with Gasteiger partial charge in [-0.2, -0.15) is 0 Å². The lowest BCUT2D eigenvalue weighted by Crippen LogP contribution is -2.68. The number of methoxy groups -OCH3 is 1. The second kappa shape index (κ2) is 9.96. The van der Waals surface area contributed by atoms with Crippen molar-refractivity contribution in [3.05, 3.63) is 35.9 Å². The first kappa shape index (κ1) is 23.7. The Morgan fingerprint density at radius 2 is 1.90 bits per heavy atom. The molecule has 30 heavy (non-hydrogen) atoms. The first-order chi connectivity index (χ1) is 14.1. The minimum absolute atomic E-state index is 0.337. The summed E-state index contributed by atoms with van der Waals surface area (Å²) in [5.74, 6) is -4.89. The van der Waals surface area contributed by atoms with E-state index in [2.05, 4.69) is 10.6 Å². The average Bonchev–Trinajstić information content (AvgIpc) is 2.72. The molecule has 1 unspecified atom stereocenters. The highest BCUT2D eigenvalue weighted by Crippen LogP contribution is 2.32. The lowest BCUT2D eigenvalue weighted by Gasteiger charge is -2.46. The van der Waals surface area contributed by atoms with Crippen molar-refractivity contribution in [3.8, 4) is 0 Å². The van der Waals surface area contributed by atoms with E-state index in [1.54, 1.807) is 30.3 Å². The van der Waals surface area contributed by atoms with Crippen LogP contribution in [0.25, 0.3) is 0 Å². The number of aliphatic carboxylic acids is 1. The molecule has 0 radical (unpaired) electrons. The summed E-state index contributed by atoms with van der Waals surface area (Å²) in [6.07, 6.45) is -6.90. The van der Waals surface area contributed by atoms with E-state index in [0.29, 0.717) is 5.56 Å². The number of aliphatic hydroxyl groups excluding tert-OH is 3. The molecule has 6 N–H and O–H groups in total. The molecule has 11 nitrogen and oxygen atoms in total. The SMILES string of the molecule is COC1(C(=O)O)C[C@H](O)[C@@H](NC(C)=O)[C@H]([C@H](O)[C@H](O)CNC(=O)c2ccccc2)O1. The zero-order valence-electron chi connectivity index (χ0n) is 16.5. The van der Waals surface area contributed by atoms with Gasteiger partial charge in [-0.3, -0.25) is 9.59 Å². The number of benzene rings is 1. The summed E-state index contributed by atoms with van der Waals surface area (Å²) in [5.41, 5.74) is 0.337. The van der Waals surface area contributed by atoms with Gasteiger partial charge in [0.05, 0.1) is 18.2 Å². The zero-order valence-corrected chi connectivity index (χ0v) is 16.5. The summed E-state index contributed by atoms with van der Waals surface area (Å²) in [4.78, 5) is 35.3. The third-order valence-corrected chi connectivity index (χ3v) is 4.84. The molecule has 1 saturated heterocycles. The predicted molar refractivity (Wildman–Crippen MR) is 101 cm³/mol. The van der Waals surface area contributed by atoms with Crippen molar-refractivity contribution in [1.82, 2.24) is 10.6 Å². The van der Waals surface area contributed by atoms with Crippen molar-refractivity contribution in [3.63, 3.8) is 0 Å². The number of nitrogens with one attached hydrogen (secondary N) is 2. The van der Waals surface area contributed by atoms with Crippen LogP contribution in [0.1, 0.15) is 23.7 Å². The molecule has 1 aliphatic heterocycles. The van der Waals surface area contributed by atoms with E-state index in [1.165, 1.54) is 6.92 Å². The molecule has 1 aromatic carbocycles. The van der Waals surface area contributed by atoms with Crippen LogP contribution in [-0.4, -0.2) is 88.1 Å². The maximum Gasteiger partial charge on any atom is 0.364 e. The minimum atomic E-state index is -2.28. The Hall–Kier alpha value is -2.57. The van der Waals surface area contributed by atoms with Gasteiger partial charge in [0.25, 0.3) is 11.7 Å². The molecule has 1 heterocycles. The quantitative estimate of drug-likeness (QED) is 0.281. The molecule has 11 heteroatoms. The van der Waals surface area contributed by atoms with Crippen LogP contribution in [0.2, 0.25) is 0 Å². The van der Waals surface area contributed by atoms with Crippen molar-refractivity contribution in [2.24, 2.45) is 0 Å². The lowest BCUT2D eigenvalue weighted by atomic mass is 9.88. The molecule has 0 aromatic heterocycles. The van der Waals surface area contributed by atoms with Crippen LogP contribution in [0, 0.1) is 0 Å². The van der Waals surface area contributed by atoms with Crippen LogP contribution in [0.15, 0.2) is 30.3 Å². The van der Waals surface area contributed by atoms with Gasteiger partial charge in [0.1, 0.15) is 12.2 Å². The van der Waals surface area contributed by atoms with Crippen LogP contribution in [0.5, 0.6) is 0 Å². The van der Waals surface area contributed by atoms with Crippen LogP contribution in [0.3, 0.4) is 0 Å². The number of carbonyl (C=O) groups excluding carboxylic acids is 2. The number of hydrogen-bond acceptors (Lipinski definition) is 8. The molecule has 0 bridgehead atoms. The summed E-state index contributed by atoms with van der Waals surface area (Å²) in [7, 11) is 1.06. The number of ether oxygens (including phenoxy) is 2. The van der Waals surface area contributed by atoms with Gasteiger partial charge in [-0.15, -0.1) is 0 Å². The molecule has 0 spiro atoms. The van der Waals surface area contributed by atoms with Gasteiger partial charge in [-0.05, 0) is 12.1 Å². The van der Waals surface area contributed by atoms with Gasteiger partial charge < -0.3 is 40.5 Å². The predicted octanol–water partition coefficient (Wildman–Crippen LogP) is -1.78. The fourth-order valence-electron chi connectivity index (χ4n) is 3.24. The maximum absolute atomic E-state index is 12.1. The van der Waals surface area contributed by atoms with Gasteiger partial charge in [-0.25, -0.2) is 4.79 Å². The Morgan fingerprint density at radius 3 is 2.43 bits per heavy atom. The fraction of sp³-hybridized carbons (Fsp3) is 0.526. The number of carboxylic acid groups (broad SMARTS) is 1. The maximum atomic E-state index is 12.1. The summed E-state index contributed by atoms with van der Waals surface area (Å²) in [5, 5.41) is 45.7. The van der Waals surface area contributed by atoms with Crippen LogP contribution >= 0.6 is 0 Å². The fourth-order valence-corrected chi connectivity index (χ4v) is 3.24. The number of amides is 2. The highest BCUT2D eigenvalue weighted by Gasteiger charge is 2.55. The number of carboxylic acids is 1. The van der Waals surface area contributed by atoms with Crippen LogP contribution in [0.4, 0.5) is 0 Å². The van der Waals surface area contributed by atoms with Crippen LogP contribution < -0.4 is 10.6 Å². The smallest absolute Gasteiger partial charge is 0.364 e. The molecular weight excluding hydrogens is 400 g/mol. The lowest BCUT2D eigenvalue weighted by molar-refractivity contribution is -0.303. The van der Waals surface area contributed by atoms with Crippen LogP contribution in [-0.2, 0) is 19.1 Å². The van der Waals surface area contributed by atoms with E-state index < -0.39 is 67.0 Å². The van der Waals surface area contributed by atoms with Gasteiger partial charge in [0, 0.05) is 32.6 Å². The van der Waals surface area contributed by atoms with E-state index in [0.717, 1.165) is 7.11 Å². The Balaban J connectivity index is 2.16. The molecule has 1 aliphatic rings. The molecule has 2 amide bonds. The normalized spacial score (nSPS) is 28.2. The second-order valence-corrected chi connectivity index (χ2v) is 6.98. The standard InChI is InChI=1S/C19H26N2O9/c1-10(22)21-14-12(23)8-19(29-2,18(27)28)30-16(14)15(25)13(24)9-20-17(26)11-6-4-3-5-7-11/h3-7,12-16,23-25H,8-9H2,1-2H3,(H,20,26)(H,21,22)(H,27,28)/t12-,13+,14+,15+,16+,19?/m0/s1. The van der Waals surface area contributed by atoms with E-state index in [1.807, 2.05) is 0 Å². The van der Waals surface area contributed by atoms with Crippen molar-refractivity contribution in [2.45, 2.75) is 49.6 Å². The monoisotopic (exact) mass is 426 g/mol. The molecular formula is C19H26N2O9. The van der Waals surface area contributed by atoms with Gasteiger partial charge >= 0.3 is 5.97 Å². The third kappa shape index (κ3) is 5.32. The van der Waals surface area contributed by atoms with Crippen molar-refractivity contribution in [2.75, 3.05) is 13.7 Å². The third-order valence-electron chi connectivity index (χ3n) is 4.84. The molecule has 6 atom stereocenters. The number of carbonyl (C=O) groups is 3. The van der Waals surface area contributed by atoms with Crippen molar-refractivity contribution in [1.29, 1.82) is 0 Å². The Bertz CT molecular complexity index is 760. The summed E-state index contributed by atoms with van der Waals surface area (Å²) >= 11 is 0. The molecule has 0 saturated carbocycles. The van der Waals surface area contributed by atoms with E-state index in [-0.39, 0.29) is 0 Å². The number of hydrogen-bond donors (Lipinski definition) is 6. The van der Waals surface area contributed by atoms with Gasteiger partial charge in [-0.1, -0.05) is 18.2 Å². The molecule has 2 rings (SSSR count). The molecule has 1 fully saturated rings. The second-order valence-electron chi connectivity index (χ2n) is 6.98. The largest absolute Gasteiger partial charge is 0.477 e. The van der Waals surface area contributed by atoms with Gasteiger partial charge in [0.15, 0.2) is 0 Å². The van der Waals surface area contributed by atoms with Crippen molar-refractivity contribution < 1.29 is 44.3 Å². The Kier molecular flexibility index (Phi) is 7.87. The molecule has 1 aromatic rings. The first-order valence-corrected chi connectivity index (χ1v) is 9.22. The first-order valence-electron chi connectivity index (χ1n) is 9.22. The highest BCUT2D eigenvalue weighted by molar-refractivity contribution is 5.94. The summed E-state index contributed by atoms with van der Waals surface area (Å²) in [6.45, 7) is 0.771. The van der Waals surface area contributed by atoms with E-state index in [4.69, 9.17) is 9.47 Å². The van der Waals surface area contributed by atoms with Gasteiger partial charge in [0.2, 0.25) is 5.91 Å². The Labute approximate surface area is 172 Å². The Morgan fingerprint density at radius 1 is 1.27 bits per heavy atom. The number of rotatable bonds is 8.